The number of carbonyl (C=O) groups excluding carboxylic acids is 1. The minimum Gasteiger partial charge on any atom is -0.334 e. The highest BCUT2D eigenvalue weighted by atomic mass is 35.5. The monoisotopic (exact) mass is 498 g/mol. The lowest BCUT2D eigenvalue weighted by Gasteiger charge is -2.35. The summed E-state index contributed by atoms with van der Waals surface area (Å²) in [5.41, 5.74) is 6.64. The van der Waals surface area contributed by atoms with E-state index in [1.54, 1.807) is 11.0 Å². The fourth-order valence-corrected chi connectivity index (χ4v) is 4.60. The molecule has 1 atom stereocenters. The summed E-state index contributed by atoms with van der Waals surface area (Å²) in [6.45, 7) is 6.50. The van der Waals surface area contributed by atoms with Crippen molar-refractivity contribution in [2.45, 2.75) is 39.8 Å². The van der Waals surface area contributed by atoms with Gasteiger partial charge in [-0.25, -0.2) is 4.79 Å². The molecule has 0 saturated carbocycles. The van der Waals surface area contributed by atoms with Crippen LogP contribution in [0.3, 0.4) is 0 Å². The van der Waals surface area contributed by atoms with Gasteiger partial charge in [0.2, 0.25) is 5.82 Å². The Labute approximate surface area is 215 Å². The van der Waals surface area contributed by atoms with Gasteiger partial charge in [0, 0.05) is 16.3 Å². The Morgan fingerprint density at radius 1 is 1.00 bits per heavy atom. The summed E-state index contributed by atoms with van der Waals surface area (Å²) >= 11 is 6.30. The zero-order valence-corrected chi connectivity index (χ0v) is 21.2. The van der Waals surface area contributed by atoms with E-state index in [1.807, 2.05) is 56.3 Å². The van der Waals surface area contributed by atoms with E-state index in [-0.39, 0.29) is 6.03 Å². The smallest absolute Gasteiger partial charge is 0.322 e. The van der Waals surface area contributed by atoms with E-state index < -0.39 is 6.04 Å². The highest BCUT2D eigenvalue weighted by Gasteiger charge is 2.36. The predicted molar refractivity (Wildman–Crippen MR) is 141 cm³/mol. The molecule has 0 bridgehead atoms. The predicted octanol–water partition coefficient (Wildman–Crippen LogP) is 6.96. The average Bonchev–Trinajstić information content (AvgIpc) is 3.36. The highest BCUT2D eigenvalue weighted by Crippen LogP contribution is 2.38. The van der Waals surface area contributed by atoms with Crippen LogP contribution >= 0.6 is 11.6 Å². The lowest BCUT2D eigenvalue weighted by Crippen LogP contribution is -2.45. The second-order valence-corrected chi connectivity index (χ2v) is 9.42. The van der Waals surface area contributed by atoms with Gasteiger partial charge >= 0.3 is 6.03 Å². The molecule has 1 aliphatic rings. The maximum absolute atomic E-state index is 13.3. The number of nitrogens with zero attached hydrogens (tertiary/aromatic N) is 3. The van der Waals surface area contributed by atoms with Crippen LogP contribution in [0.4, 0.5) is 4.79 Å². The number of urea groups is 1. The molecule has 6 nitrogen and oxygen atoms in total. The zero-order chi connectivity index (χ0) is 25.2. The van der Waals surface area contributed by atoms with Crippen LogP contribution in [-0.4, -0.2) is 21.1 Å². The molecular formula is C29H27ClN4O2. The van der Waals surface area contributed by atoms with Crippen LogP contribution in [0.15, 0.2) is 83.0 Å². The molecule has 0 saturated heterocycles. The third-order valence-electron chi connectivity index (χ3n) is 6.52. The molecule has 0 fully saturated rings. The maximum Gasteiger partial charge on any atom is 0.322 e. The summed E-state index contributed by atoms with van der Waals surface area (Å²) < 4.78 is 5.78. The van der Waals surface area contributed by atoms with Crippen LogP contribution < -0.4 is 5.32 Å². The number of aromatic nitrogens is 2. The molecule has 0 aliphatic carbocycles. The van der Waals surface area contributed by atoms with E-state index in [1.165, 1.54) is 5.56 Å². The lowest BCUT2D eigenvalue weighted by atomic mass is 9.94. The van der Waals surface area contributed by atoms with Crippen LogP contribution in [0.2, 0.25) is 5.02 Å². The molecule has 2 heterocycles. The summed E-state index contributed by atoms with van der Waals surface area (Å²) in [5, 5.41) is 7.96. The van der Waals surface area contributed by atoms with Crippen LogP contribution in [0, 0.1) is 6.92 Å². The molecule has 4 aromatic rings. The van der Waals surface area contributed by atoms with Crippen molar-refractivity contribution in [1.82, 2.24) is 20.4 Å². The third-order valence-corrected chi connectivity index (χ3v) is 6.75. The number of allylic oxidation sites excluding steroid dienone is 1. The number of rotatable bonds is 6. The van der Waals surface area contributed by atoms with Crippen molar-refractivity contribution in [3.8, 4) is 11.4 Å². The molecular weight excluding hydrogens is 472 g/mol. The van der Waals surface area contributed by atoms with Gasteiger partial charge in [-0.1, -0.05) is 89.9 Å². The van der Waals surface area contributed by atoms with Crippen molar-refractivity contribution < 1.29 is 9.32 Å². The third kappa shape index (κ3) is 4.77. The number of carbonyl (C=O) groups is 1. The number of hydrogen-bond donors (Lipinski definition) is 1. The SMILES string of the molecule is CCc1ccc(CN2C(=O)NC(c3cccc(Cl)c3)C(c3nc(-c4ccc(C)cc4)no3)=C2C)cc1. The van der Waals surface area contributed by atoms with Gasteiger partial charge < -0.3 is 9.84 Å². The van der Waals surface area contributed by atoms with Crippen LogP contribution in [0.25, 0.3) is 17.0 Å². The maximum atomic E-state index is 13.3. The number of nitrogens with one attached hydrogen (secondary N) is 1. The van der Waals surface area contributed by atoms with Gasteiger partial charge in [0.05, 0.1) is 18.2 Å². The highest BCUT2D eigenvalue weighted by molar-refractivity contribution is 6.30. The van der Waals surface area contributed by atoms with Crippen molar-refractivity contribution in [3.05, 3.63) is 112 Å². The Morgan fingerprint density at radius 2 is 1.72 bits per heavy atom. The molecule has 7 heteroatoms. The van der Waals surface area contributed by atoms with Crippen molar-refractivity contribution in [3.63, 3.8) is 0 Å². The standard InChI is InChI=1S/C29H27ClN4O2/c1-4-20-10-12-21(13-11-20)17-34-19(3)25(26(31-29(34)35)23-6-5-7-24(30)16-23)28-32-27(33-36-28)22-14-8-18(2)9-15-22/h5-16,26H,4,17H2,1-3H3,(H,31,35). The van der Waals surface area contributed by atoms with Crippen LogP contribution in [0.1, 0.15) is 48.0 Å². The minimum absolute atomic E-state index is 0.195. The van der Waals surface area contributed by atoms with Crippen LogP contribution in [-0.2, 0) is 13.0 Å². The van der Waals surface area contributed by atoms with E-state index in [4.69, 9.17) is 21.1 Å². The second kappa shape index (κ2) is 9.99. The Kier molecular flexibility index (Phi) is 6.61. The van der Waals surface area contributed by atoms with Crippen molar-refractivity contribution in [2.75, 3.05) is 0 Å². The van der Waals surface area contributed by atoms with Gasteiger partial charge in [-0.3, -0.25) is 4.90 Å². The molecule has 36 heavy (non-hydrogen) atoms. The molecule has 1 aromatic heterocycles. The minimum atomic E-state index is -0.485. The number of hydrogen-bond acceptors (Lipinski definition) is 4. The second-order valence-electron chi connectivity index (χ2n) is 8.98. The fraction of sp³-hybridized carbons (Fsp3) is 0.207. The molecule has 5 rings (SSSR count). The lowest BCUT2D eigenvalue weighted by molar-refractivity contribution is 0.203. The number of aryl methyl sites for hydroxylation is 2. The summed E-state index contributed by atoms with van der Waals surface area (Å²) in [4.78, 5) is 19.8. The van der Waals surface area contributed by atoms with Gasteiger partial charge in [-0.2, -0.15) is 4.98 Å². The molecule has 1 unspecified atom stereocenters. The molecule has 3 aromatic carbocycles. The Morgan fingerprint density at radius 3 is 2.42 bits per heavy atom. The Hall–Kier alpha value is -3.90. The van der Waals surface area contributed by atoms with E-state index in [0.29, 0.717) is 23.3 Å². The van der Waals surface area contributed by atoms with Crippen molar-refractivity contribution in [2.24, 2.45) is 0 Å². The van der Waals surface area contributed by atoms with E-state index in [0.717, 1.165) is 39.9 Å². The molecule has 0 spiro atoms. The molecule has 0 radical (unpaired) electrons. The molecule has 1 N–H and O–H groups in total. The first-order chi connectivity index (χ1) is 17.4. The fourth-order valence-electron chi connectivity index (χ4n) is 4.40. The van der Waals surface area contributed by atoms with E-state index >= 15 is 0 Å². The quantitative estimate of drug-likeness (QED) is 0.312. The van der Waals surface area contributed by atoms with Gasteiger partial charge in [0.25, 0.3) is 5.89 Å². The van der Waals surface area contributed by atoms with Crippen molar-refractivity contribution in [1.29, 1.82) is 0 Å². The normalized spacial score (nSPS) is 15.8. The van der Waals surface area contributed by atoms with Gasteiger partial charge in [-0.15, -0.1) is 0 Å². The average molecular weight is 499 g/mol. The van der Waals surface area contributed by atoms with Gasteiger partial charge in [0.15, 0.2) is 0 Å². The summed E-state index contributed by atoms with van der Waals surface area (Å²) in [6.07, 6.45) is 0.968. The topological polar surface area (TPSA) is 71.3 Å². The van der Waals surface area contributed by atoms with Gasteiger partial charge in [-0.05, 0) is 49.1 Å². The largest absolute Gasteiger partial charge is 0.334 e. The first-order valence-electron chi connectivity index (χ1n) is 12.0. The first-order valence-corrected chi connectivity index (χ1v) is 12.3. The van der Waals surface area contributed by atoms with E-state index in [2.05, 4.69) is 41.7 Å². The van der Waals surface area contributed by atoms with Crippen molar-refractivity contribution >= 4 is 23.2 Å². The van der Waals surface area contributed by atoms with E-state index in [9.17, 15) is 4.79 Å². The van der Waals surface area contributed by atoms with Gasteiger partial charge in [0.1, 0.15) is 0 Å². The summed E-state index contributed by atoms with van der Waals surface area (Å²) in [6, 6.07) is 23.0. The zero-order valence-electron chi connectivity index (χ0n) is 20.5. The first kappa shape index (κ1) is 23.8. The Bertz CT molecular complexity index is 1420. The number of amides is 2. The summed E-state index contributed by atoms with van der Waals surface area (Å²) in [7, 11) is 0. The number of benzene rings is 3. The van der Waals surface area contributed by atoms with Crippen LogP contribution in [0.5, 0.6) is 0 Å². The molecule has 182 valence electrons. The molecule has 2 amide bonds. The number of halogens is 1. The summed E-state index contributed by atoms with van der Waals surface area (Å²) in [5.74, 6) is 0.855. The Balaban J connectivity index is 1.57. The molecule has 1 aliphatic heterocycles.